The molecule has 0 aliphatic carbocycles. The van der Waals surface area contributed by atoms with Gasteiger partial charge in [-0.1, -0.05) is 0 Å². The Bertz CT molecular complexity index is 615. The van der Waals surface area contributed by atoms with Gasteiger partial charge in [0.25, 0.3) is 0 Å². The maximum Gasteiger partial charge on any atom is 0.185 e. The van der Waals surface area contributed by atoms with Crippen molar-refractivity contribution in [1.82, 2.24) is 4.98 Å². The first-order valence-electron chi connectivity index (χ1n) is 6.43. The molecule has 108 valence electrons. The summed E-state index contributed by atoms with van der Waals surface area (Å²) >= 11 is 0. The van der Waals surface area contributed by atoms with E-state index in [0.29, 0.717) is 6.54 Å². The van der Waals surface area contributed by atoms with Crippen LogP contribution in [0.3, 0.4) is 0 Å². The molecular weight excluding hydrogens is 256 g/mol. The molecule has 6 nitrogen and oxygen atoms in total. The third-order valence-electron chi connectivity index (χ3n) is 3.08. The molecule has 0 unspecified atom stereocenters. The molecule has 2 rings (SSSR count). The normalized spacial score (nSPS) is 10.5. The number of rotatable bonds is 6. The van der Waals surface area contributed by atoms with Crippen LogP contribution in [0.15, 0.2) is 23.2 Å². The molecule has 6 heteroatoms. The number of aryl methyl sites for hydroxylation is 1. The van der Waals surface area contributed by atoms with Gasteiger partial charge < -0.3 is 25.9 Å². The minimum Gasteiger partial charge on any atom is -0.497 e. The molecule has 1 heterocycles. The number of guanidine groups is 1. The summed E-state index contributed by atoms with van der Waals surface area (Å²) in [7, 11) is 3.29. The number of hydrogen-bond donors (Lipinski definition) is 3. The molecule has 5 N–H and O–H groups in total. The average Bonchev–Trinajstić information content (AvgIpc) is 2.84. The van der Waals surface area contributed by atoms with Crippen molar-refractivity contribution in [1.29, 1.82) is 0 Å². The van der Waals surface area contributed by atoms with Crippen molar-refractivity contribution >= 4 is 16.9 Å². The topological polar surface area (TPSA) is 98.7 Å². The Labute approximate surface area is 117 Å². The number of nitrogens with zero attached hydrogens (tertiary/aromatic N) is 1. The molecule has 1 aromatic heterocycles. The van der Waals surface area contributed by atoms with Gasteiger partial charge in [-0.3, -0.25) is 4.99 Å². The van der Waals surface area contributed by atoms with E-state index in [0.717, 1.165) is 40.9 Å². The van der Waals surface area contributed by atoms with Gasteiger partial charge in [0.2, 0.25) is 0 Å². The van der Waals surface area contributed by atoms with Gasteiger partial charge in [-0.15, -0.1) is 0 Å². The molecule has 20 heavy (non-hydrogen) atoms. The molecule has 0 saturated carbocycles. The number of aliphatic imine (C=N–C) groups is 1. The molecule has 0 aliphatic heterocycles. The van der Waals surface area contributed by atoms with Crippen LogP contribution < -0.4 is 20.9 Å². The van der Waals surface area contributed by atoms with E-state index < -0.39 is 0 Å². The molecule has 0 saturated heterocycles. The Hall–Kier alpha value is -2.37. The van der Waals surface area contributed by atoms with E-state index in [-0.39, 0.29) is 5.96 Å². The fourth-order valence-corrected chi connectivity index (χ4v) is 2.14. The molecule has 0 aliphatic rings. The molecule has 0 radical (unpaired) electrons. The van der Waals surface area contributed by atoms with Crippen molar-refractivity contribution in [3.63, 3.8) is 0 Å². The molecule has 0 bridgehead atoms. The number of methoxy groups -OCH3 is 2. The number of fused-ring (bicyclic) bond motifs is 1. The quantitative estimate of drug-likeness (QED) is 0.422. The second-order valence-electron chi connectivity index (χ2n) is 4.50. The van der Waals surface area contributed by atoms with Crippen molar-refractivity contribution in [2.45, 2.75) is 12.8 Å². The lowest BCUT2D eigenvalue weighted by Crippen LogP contribution is -2.23. The Morgan fingerprint density at radius 3 is 2.65 bits per heavy atom. The SMILES string of the molecule is COc1cc(OC)c2cc(CCCN=C(N)N)[nH]c2c1. The van der Waals surface area contributed by atoms with E-state index in [2.05, 4.69) is 16.0 Å². The number of nitrogens with one attached hydrogen (secondary N) is 1. The van der Waals surface area contributed by atoms with E-state index >= 15 is 0 Å². The van der Waals surface area contributed by atoms with Crippen LogP contribution in [0, 0.1) is 0 Å². The number of hydrogen-bond acceptors (Lipinski definition) is 3. The zero-order valence-electron chi connectivity index (χ0n) is 11.8. The second kappa shape index (κ2) is 6.18. The van der Waals surface area contributed by atoms with Gasteiger partial charge in [-0.2, -0.15) is 0 Å². The summed E-state index contributed by atoms with van der Waals surface area (Å²) in [6.45, 7) is 0.623. The lowest BCUT2D eigenvalue weighted by molar-refractivity contribution is 0.398. The molecule has 0 atom stereocenters. The van der Waals surface area contributed by atoms with Crippen molar-refractivity contribution in [2.75, 3.05) is 20.8 Å². The van der Waals surface area contributed by atoms with Crippen LogP contribution >= 0.6 is 0 Å². The van der Waals surface area contributed by atoms with Crippen LogP contribution in [0.4, 0.5) is 0 Å². The third-order valence-corrected chi connectivity index (χ3v) is 3.08. The van der Waals surface area contributed by atoms with Crippen molar-refractivity contribution in [3.8, 4) is 11.5 Å². The van der Waals surface area contributed by atoms with Crippen LogP contribution in [0.25, 0.3) is 10.9 Å². The van der Waals surface area contributed by atoms with E-state index in [4.69, 9.17) is 20.9 Å². The van der Waals surface area contributed by atoms with Crippen LogP contribution in [0.1, 0.15) is 12.1 Å². The highest BCUT2D eigenvalue weighted by Gasteiger charge is 2.08. The Kier molecular flexibility index (Phi) is 4.34. The standard InChI is InChI=1S/C14H20N4O2/c1-19-10-7-12-11(13(8-10)20-2)6-9(18-12)4-3-5-17-14(15)16/h6-8,18H,3-5H2,1-2H3,(H4,15,16,17). The van der Waals surface area contributed by atoms with Gasteiger partial charge in [0.15, 0.2) is 5.96 Å². The first-order valence-corrected chi connectivity index (χ1v) is 6.43. The summed E-state index contributed by atoms with van der Waals surface area (Å²) < 4.78 is 10.6. The van der Waals surface area contributed by atoms with Gasteiger partial charge in [-0.25, -0.2) is 0 Å². The smallest absolute Gasteiger partial charge is 0.185 e. The fraction of sp³-hybridized carbons (Fsp3) is 0.357. The monoisotopic (exact) mass is 276 g/mol. The molecular formula is C14H20N4O2. The summed E-state index contributed by atoms with van der Waals surface area (Å²) in [6.07, 6.45) is 1.75. The van der Waals surface area contributed by atoms with Crippen LogP contribution in [-0.4, -0.2) is 31.7 Å². The van der Waals surface area contributed by atoms with Gasteiger partial charge in [0.05, 0.1) is 19.7 Å². The highest BCUT2D eigenvalue weighted by atomic mass is 16.5. The second-order valence-corrected chi connectivity index (χ2v) is 4.50. The highest BCUT2D eigenvalue weighted by molar-refractivity contribution is 5.88. The van der Waals surface area contributed by atoms with Crippen LogP contribution in [0.5, 0.6) is 11.5 Å². The Balaban J connectivity index is 2.18. The van der Waals surface area contributed by atoms with E-state index in [1.807, 2.05) is 12.1 Å². The summed E-state index contributed by atoms with van der Waals surface area (Å²) in [6, 6.07) is 5.92. The summed E-state index contributed by atoms with van der Waals surface area (Å²) in [5.74, 6) is 1.70. The van der Waals surface area contributed by atoms with Gasteiger partial charge in [-0.05, 0) is 18.9 Å². The van der Waals surface area contributed by atoms with E-state index in [1.165, 1.54) is 0 Å². The van der Waals surface area contributed by atoms with Crippen molar-refractivity contribution in [2.24, 2.45) is 16.5 Å². The molecule has 0 fully saturated rings. The summed E-state index contributed by atoms with van der Waals surface area (Å²) in [5, 5.41) is 1.05. The first-order chi connectivity index (χ1) is 9.63. The minimum absolute atomic E-state index is 0.132. The first kappa shape index (κ1) is 14.0. The van der Waals surface area contributed by atoms with Gasteiger partial charge in [0.1, 0.15) is 11.5 Å². The molecule has 0 amide bonds. The van der Waals surface area contributed by atoms with E-state index in [1.54, 1.807) is 14.2 Å². The fourth-order valence-electron chi connectivity index (χ4n) is 2.14. The van der Waals surface area contributed by atoms with E-state index in [9.17, 15) is 0 Å². The maximum atomic E-state index is 5.39. The van der Waals surface area contributed by atoms with Crippen molar-refractivity contribution in [3.05, 3.63) is 23.9 Å². The Morgan fingerprint density at radius 2 is 2.00 bits per heavy atom. The maximum absolute atomic E-state index is 5.39. The van der Waals surface area contributed by atoms with Crippen molar-refractivity contribution < 1.29 is 9.47 Å². The summed E-state index contributed by atoms with van der Waals surface area (Å²) in [5.41, 5.74) is 12.7. The number of aromatic nitrogens is 1. The zero-order valence-corrected chi connectivity index (χ0v) is 11.8. The number of H-pyrrole nitrogens is 1. The number of benzene rings is 1. The number of nitrogens with two attached hydrogens (primary N) is 2. The van der Waals surface area contributed by atoms with Crippen LogP contribution in [-0.2, 0) is 6.42 Å². The molecule has 2 aromatic rings. The average molecular weight is 276 g/mol. The predicted molar refractivity (Wildman–Crippen MR) is 80.4 cm³/mol. The largest absolute Gasteiger partial charge is 0.497 e. The summed E-state index contributed by atoms with van der Waals surface area (Å²) in [4.78, 5) is 7.33. The van der Waals surface area contributed by atoms with Crippen LogP contribution in [0.2, 0.25) is 0 Å². The number of aromatic amines is 1. The molecule has 1 aromatic carbocycles. The number of ether oxygens (including phenoxy) is 2. The zero-order chi connectivity index (χ0) is 14.5. The third kappa shape index (κ3) is 3.14. The van der Waals surface area contributed by atoms with Gasteiger partial charge >= 0.3 is 0 Å². The molecule has 0 spiro atoms. The lowest BCUT2D eigenvalue weighted by atomic mass is 10.2. The Morgan fingerprint density at radius 1 is 1.20 bits per heavy atom. The highest BCUT2D eigenvalue weighted by Crippen LogP contribution is 2.31. The lowest BCUT2D eigenvalue weighted by Gasteiger charge is -2.04. The predicted octanol–water partition coefficient (Wildman–Crippen LogP) is 1.39. The minimum atomic E-state index is 0.132. The van der Waals surface area contributed by atoms with Gasteiger partial charge in [0, 0.05) is 29.8 Å².